The summed E-state index contributed by atoms with van der Waals surface area (Å²) in [7, 11) is 0. The van der Waals surface area contributed by atoms with Crippen molar-refractivity contribution in [1.29, 1.82) is 0 Å². The van der Waals surface area contributed by atoms with Crippen molar-refractivity contribution in [3.05, 3.63) is 12.3 Å². The number of aliphatic hydroxyl groups is 1. The zero-order valence-corrected chi connectivity index (χ0v) is 6.57. The molecule has 3 nitrogen and oxygen atoms in total. The largest absolute Gasteiger partial charge is 0.498 e. The van der Waals surface area contributed by atoms with Crippen LogP contribution in [0.15, 0.2) is 12.3 Å². The summed E-state index contributed by atoms with van der Waals surface area (Å²) in [5.41, 5.74) is 5.55. The number of rotatable bonds is 3. The Bertz CT molecular complexity index is 136. The molecule has 1 heterocycles. The van der Waals surface area contributed by atoms with Gasteiger partial charge in [0.1, 0.15) is 0 Å². The van der Waals surface area contributed by atoms with Crippen molar-refractivity contribution in [2.24, 2.45) is 5.73 Å². The van der Waals surface area contributed by atoms with Gasteiger partial charge in [0.25, 0.3) is 0 Å². The second kappa shape index (κ2) is 4.36. The molecule has 0 aliphatic carbocycles. The fraction of sp³-hybridized carbons (Fsp3) is 0.750. The van der Waals surface area contributed by atoms with Crippen LogP contribution in [0, 0.1) is 0 Å². The van der Waals surface area contributed by atoms with Gasteiger partial charge in [-0.3, -0.25) is 0 Å². The number of hydrogen-bond acceptors (Lipinski definition) is 3. The van der Waals surface area contributed by atoms with Crippen LogP contribution in [0.1, 0.15) is 19.3 Å². The lowest BCUT2D eigenvalue weighted by Gasteiger charge is -2.21. The van der Waals surface area contributed by atoms with Gasteiger partial charge in [0.2, 0.25) is 0 Å². The van der Waals surface area contributed by atoms with Gasteiger partial charge in [-0.25, -0.2) is 0 Å². The van der Waals surface area contributed by atoms with E-state index >= 15 is 0 Å². The molecule has 2 atom stereocenters. The average molecular weight is 157 g/mol. The first-order chi connectivity index (χ1) is 5.33. The Hall–Kier alpha value is -0.540. The molecule has 0 saturated carbocycles. The third kappa shape index (κ3) is 2.91. The summed E-state index contributed by atoms with van der Waals surface area (Å²) in [4.78, 5) is 0. The van der Waals surface area contributed by atoms with Gasteiger partial charge in [-0.1, -0.05) is 0 Å². The van der Waals surface area contributed by atoms with Crippen molar-refractivity contribution in [3.8, 4) is 0 Å². The maximum atomic E-state index is 8.67. The fourth-order valence-corrected chi connectivity index (χ4v) is 1.17. The van der Waals surface area contributed by atoms with Crippen molar-refractivity contribution >= 4 is 0 Å². The number of ether oxygens (including phenoxy) is 1. The van der Waals surface area contributed by atoms with Gasteiger partial charge in [-0.2, -0.15) is 0 Å². The summed E-state index contributed by atoms with van der Waals surface area (Å²) in [6.07, 6.45) is 6.76. The van der Waals surface area contributed by atoms with E-state index in [0.29, 0.717) is 0 Å². The Morgan fingerprint density at radius 3 is 3.09 bits per heavy atom. The first kappa shape index (κ1) is 8.56. The lowest BCUT2D eigenvalue weighted by Crippen LogP contribution is -2.30. The lowest BCUT2D eigenvalue weighted by atomic mass is 10.1. The molecule has 0 radical (unpaired) electrons. The second-order valence-corrected chi connectivity index (χ2v) is 2.89. The summed E-state index contributed by atoms with van der Waals surface area (Å²) in [6.45, 7) is 0.0452. The molecule has 0 saturated heterocycles. The van der Waals surface area contributed by atoms with Crippen molar-refractivity contribution in [2.75, 3.05) is 6.61 Å². The van der Waals surface area contributed by atoms with Crippen LogP contribution < -0.4 is 5.73 Å². The predicted molar refractivity (Wildman–Crippen MR) is 42.9 cm³/mol. The van der Waals surface area contributed by atoms with E-state index in [1.807, 2.05) is 6.08 Å². The Morgan fingerprint density at radius 1 is 1.73 bits per heavy atom. The topological polar surface area (TPSA) is 55.5 Å². The highest BCUT2D eigenvalue weighted by Crippen LogP contribution is 2.14. The van der Waals surface area contributed by atoms with Crippen LogP contribution in [-0.4, -0.2) is 23.9 Å². The normalized spacial score (nSPS) is 26.2. The van der Waals surface area contributed by atoms with Gasteiger partial charge in [-0.05, 0) is 18.9 Å². The molecule has 1 rings (SSSR count). The van der Waals surface area contributed by atoms with Crippen LogP contribution in [0.5, 0.6) is 0 Å². The molecule has 64 valence electrons. The summed E-state index contributed by atoms with van der Waals surface area (Å²) in [6, 6.07) is -0.133. The third-order valence-electron chi connectivity index (χ3n) is 1.82. The molecule has 1 aliphatic rings. The Balaban J connectivity index is 2.20. The molecule has 1 aliphatic heterocycles. The van der Waals surface area contributed by atoms with E-state index in [1.165, 1.54) is 0 Å². The first-order valence-corrected chi connectivity index (χ1v) is 4.00. The van der Waals surface area contributed by atoms with Crippen molar-refractivity contribution in [2.45, 2.75) is 31.4 Å². The minimum absolute atomic E-state index is 0.0452. The van der Waals surface area contributed by atoms with Crippen molar-refractivity contribution < 1.29 is 9.84 Å². The van der Waals surface area contributed by atoms with Gasteiger partial charge < -0.3 is 15.6 Å². The molecule has 3 heteroatoms. The van der Waals surface area contributed by atoms with Crippen LogP contribution in [-0.2, 0) is 4.74 Å². The van der Waals surface area contributed by atoms with E-state index < -0.39 is 0 Å². The van der Waals surface area contributed by atoms with E-state index in [9.17, 15) is 0 Å². The highest BCUT2D eigenvalue weighted by Gasteiger charge is 2.14. The summed E-state index contributed by atoms with van der Waals surface area (Å²) in [5, 5.41) is 8.67. The SMILES string of the molecule is NC(CO)CC1CCC=CO1. The maximum Gasteiger partial charge on any atom is 0.0996 e. The first-order valence-electron chi connectivity index (χ1n) is 4.00. The summed E-state index contributed by atoms with van der Waals surface area (Å²) < 4.78 is 5.28. The summed E-state index contributed by atoms with van der Waals surface area (Å²) >= 11 is 0. The molecule has 0 amide bonds. The molecule has 0 bridgehead atoms. The van der Waals surface area contributed by atoms with Gasteiger partial charge in [0, 0.05) is 12.5 Å². The smallest absolute Gasteiger partial charge is 0.0996 e. The lowest BCUT2D eigenvalue weighted by molar-refractivity contribution is 0.0991. The number of allylic oxidation sites excluding steroid dienone is 1. The number of nitrogens with two attached hydrogens (primary N) is 1. The molecule has 0 spiro atoms. The molecule has 3 N–H and O–H groups in total. The van der Waals surface area contributed by atoms with Gasteiger partial charge in [-0.15, -0.1) is 0 Å². The third-order valence-corrected chi connectivity index (χ3v) is 1.82. The minimum Gasteiger partial charge on any atom is -0.498 e. The van der Waals surface area contributed by atoms with Crippen LogP contribution in [0.25, 0.3) is 0 Å². The zero-order chi connectivity index (χ0) is 8.10. The molecule has 0 aromatic carbocycles. The standard InChI is InChI=1S/C8H15NO2/c9-7(6-10)5-8-3-1-2-4-11-8/h2,4,7-8,10H,1,3,5-6,9H2. The van der Waals surface area contributed by atoms with E-state index in [4.69, 9.17) is 15.6 Å². The Kier molecular flexibility index (Phi) is 3.39. The van der Waals surface area contributed by atoms with Crippen LogP contribution in [0.3, 0.4) is 0 Å². The highest BCUT2D eigenvalue weighted by atomic mass is 16.5. The summed E-state index contributed by atoms with van der Waals surface area (Å²) in [5.74, 6) is 0. The molecule has 0 aromatic heterocycles. The monoisotopic (exact) mass is 157 g/mol. The number of aliphatic hydroxyl groups excluding tert-OH is 1. The molecular weight excluding hydrogens is 142 g/mol. The van der Waals surface area contributed by atoms with Crippen LogP contribution in [0.4, 0.5) is 0 Å². The Labute approximate surface area is 66.8 Å². The van der Waals surface area contributed by atoms with Gasteiger partial charge in [0.15, 0.2) is 0 Å². The molecule has 2 unspecified atom stereocenters. The zero-order valence-electron chi connectivity index (χ0n) is 6.57. The van der Waals surface area contributed by atoms with Crippen LogP contribution in [0.2, 0.25) is 0 Å². The van der Waals surface area contributed by atoms with Gasteiger partial charge >= 0.3 is 0 Å². The van der Waals surface area contributed by atoms with E-state index in [0.717, 1.165) is 19.3 Å². The second-order valence-electron chi connectivity index (χ2n) is 2.89. The highest BCUT2D eigenvalue weighted by molar-refractivity contribution is 4.83. The number of hydrogen-bond donors (Lipinski definition) is 2. The average Bonchev–Trinajstić information content (AvgIpc) is 2.06. The van der Waals surface area contributed by atoms with Crippen molar-refractivity contribution in [3.63, 3.8) is 0 Å². The fourth-order valence-electron chi connectivity index (χ4n) is 1.17. The quantitative estimate of drug-likeness (QED) is 0.623. The molecule has 11 heavy (non-hydrogen) atoms. The van der Waals surface area contributed by atoms with Crippen molar-refractivity contribution in [1.82, 2.24) is 0 Å². The predicted octanol–water partition coefficient (Wildman–Crippen LogP) is 0.389. The molecule has 0 aromatic rings. The van der Waals surface area contributed by atoms with Gasteiger partial charge in [0.05, 0.1) is 19.0 Å². The van der Waals surface area contributed by atoms with Crippen LogP contribution >= 0.6 is 0 Å². The van der Waals surface area contributed by atoms with E-state index in [2.05, 4.69) is 0 Å². The minimum atomic E-state index is -0.133. The van der Waals surface area contributed by atoms with E-state index in [1.54, 1.807) is 6.26 Å². The molecular formula is C8H15NO2. The molecule has 0 fully saturated rings. The van der Waals surface area contributed by atoms with E-state index in [-0.39, 0.29) is 18.8 Å². The maximum absolute atomic E-state index is 8.67. The Morgan fingerprint density at radius 2 is 2.55 bits per heavy atom.